The van der Waals surface area contributed by atoms with E-state index in [2.05, 4.69) is 15.9 Å². The summed E-state index contributed by atoms with van der Waals surface area (Å²) in [7, 11) is 0. The van der Waals surface area contributed by atoms with Gasteiger partial charge in [-0.2, -0.15) is 0 Å². The molecule has 2 rings (SSSR count). The van der Waals surface area contributed by atoms with E-state index in [1.807, 2.05) is 0 Å². The highest BCUT2D eigenvalue weighted by molar-refractivity contribution is 9.10. The fraction of sp³-hybridized carbons (Fsp3) is 0.143. The van der Waals surface area contributed by atoms with Crippen molar-refractivity contribution in [3.05, 3.63) is 69.2 Å². The Balaban J connectivity index is 2.31. The number of hydrogen-bond acceptors (Lipinski definition) is 1. The number of halogens is 5. The van der Waals surface area contributed by atoms with E-state index in [-0.39, 0.29) is 17.5 Å². The lowest BCUT2D eigenvalue weighted by Gasteiger charge is -2.14. The number of rotatable bonds is 3. The Morgan fingerprint density at radius 3 is 2.30 bits per heavy atom. The van der Waals surface area contributed by atoms with Crippen LogP contribution >= 0.6 is 15.9 Å². The van der Waals surface area contributed by atoms with Gasteiger partial charge in [0, 0.05) is 16.1 Å². The van der Waals surface area contributed by atoms with Crippen molar-refractivity contribution in [3.63, 3.8) is 0 Å². The van der Waals surface area contributed by atoms with Gasteiger partial charge in [0.1, 0.15) is 5.82 Å². The van der Waals surface area contributed by atoms with Crippen LogP contribution in [0.2, 0.25) is 0 Å². The molecule has 1 unspecified atom stereocenters. The second-order valence-electron chi connectivity index (χ2n) is 4.31. The Bertz CT molecular complexity index is 645. The number of benzene rings is 2. The van der Waals surface area contributed by atoms with Gasteiger partial charge in [-0.1, -0.05) is 22.0 Å². The van der Waals surface area contributed by atoms with E-state index in [0.717, 1.165) is 12.1 Å². The molecule has 0 aliphatic rings. The lowest BCUT2D eigenvalue weighted by molar-refractivity contribution is 0.434. The van der Waals surface area contributed by atoms with Crippen molar-refractivity contribution in [2.24, 2.45) is 5.73 Å². The average molecular weight is 348 g/mol. The molecule has 0 saturated carbocycles. The van der Waals surface area contributed by atoms with Crippen molar-refractivity contribution in [1.29, 1.82) is 0 Å². The van der Waals surface area contributed by atoms with Gasteiger partial charge in [-0.25, -0.2) is 17.6 Å². The van der Waals surface area contributed by atoms with Crippen LogP contribution in [0, 0.1) is 23.3 Å². The van der Waals surface area contributed by atoms with Gasteiger partial charge in [0.2, 0.25) is 0 Å². The molecule has 0 aliphatic heterocycles. The molecule has 0 radical (unpaired) electrons. The molecule has 2 aromatic carbocycles. The van der Waals surface area contributed by atoms with Gasteiger partial charge in [-0.05, 0) is 36.2 Å². The smallest absolute Gasteiger partial charge is 0.194 e. The summed E-state index contributed by atoms with van der Waals surface area (Å²) in [4.78, 5) is 0. The largest absolute Gasteiger partial charge is 0.324 e. The Hall–Kier alpha value is -1.40. The quantitative estimate of drug-likeness (QED) is 0.651. The van der Waals surface area contributed by atoms with Crippen molar-refractivity contribution in [3.8, 4) is 0 Å². The van der Waals surface area contributed by atoms with Crippen LogP contribution in [0.25, 0.3) is 0 Å². The maximum Gasteiger partial charge on any atom is 0.194 e. The monoisotopic (exact) mass is 347 g/mol. The third-order valence-electron chi connectivity index (χ3n) is 2.91. The van der Waals surface area contributed by atoms with Crippen LogP contribution in [0.5, 0.6) is 0 Å². The van der Waals surface area contributed by atoms with Gasteiger partial charge in [0.25, 0.3) is 0 Å². The van der Waals surface area contributed by atoms with E-state index in [1.54, 1.807) is 0 Å². The average Bonchev–Trinajstić information content (AvgIpc) is 2.40. The second-order valence-corrected chi connectivity index (χ2v) is 5.23. The molecule has 2 N–H and O–H groups in total. The van der Waals surface area contributed by atoms with Crippen molar-refractivity contribution < 1.29 is 17.6 Å². The molecule has 1 nitrogen and oxygen atoms in total. The Labute approximate surface area is 121 Å². The predicted octanol–water partition coefficient (Wildman–Crippen LogP) is 4.25. The molecule has 0 bridgehead atoms. The number of hydrogen-bond donors (Lipinski definition) is 1. The summed E-state index contributed by atoms with van der Waals surface area (Å²) >= 11 is 3.19. The Morgan fingerprint density at radius 2 is 1.60 bits per heavy atom. The van der Waals surface area contributed by atoms with Gasteiger partial charge in [0.05, 0.1) is 0 Å². The van der Waals surface area contributed by atoms with Gasteiger partial charge in [-0.3, -0.25) is 0 Å². The molecule has 0 amide bonds. The first-order chi connectivity index (χ1) is 9.40. The molecule has 0 heterocycles. The fourth-order valence-corrected chi connectivity index (χ4v) is 2.28. The highest BCUT2D eigenvalue weighted by Gasteiger charge is 2.19. The van der Waals surface area contributed by atoms with Crippen LogP contribution in [0.15, 0.2) is 34.8 Å². The lowest BCUT2D eigenvalue weighted by atomic mass is 9.98. The molecule has 106 valence electrons. The zero-order chi connectivity index (χ0) is 14.9. The van der Waals surface area contributed by atoms with E-state index in [9.17, 15) is 17.6 Å². The molecule has 1 atom stereocenters. The summed E-state index contributed by atoms with van der Waals surface area (Å²) in [5.41, 5.74) is 5.82. The third kappa shape index (κ3) is 3.02. The molecule has 0 fully saturated rings. The van der Waals surface area contributed by atoms with Crippen LogP contribution in [0.3, 0.4) is 0 Å². The van der Waals surface area contributed by atoms with Crippen LogP contribution in [-0.4, -0.2) is 0 Å². The molecule has 0 aliphatic carbocycles. The normalized spacial score (nSPS) is 12.5. The van der Waals surface area contributed by atoms with Gasteiger partial charge in [0.15, 0.2) is 17.5 Å². The van der Waals surface area contributed by atoms with E-state index >= 15 is 0 Å². The predicted molar refractivity (Wildman–Crippen MR) is 71.0 cm³/mol. The number of nitrogens with two attached hydrogens (primary N) is 1. The first-order valence-corrected chi connectivity index (χ1v) is 6.52. The van der Waals surface area contributed by atoms with Crippen LogP contribution in [0.4, 0.5) is 17.6 Å². The third-order valence-corrected chi connectivity index (χ3v) is 3.41. The summed E-state index contributed by atoms with van der Waals surface area (Å²) in [6.07, 6.45) is -0.0345. The minimum Gasteiger partial charge on any atom is -0.324 e. The zero-order valence-corrected chi connectivity index (χ0v) is 11.7. The van der Waals surface area contributed by atoms with Crippen LogP contribution < -0.4 is 5.73 Å². The fourth-order valence-electron chi connectivity index (χ4n) is 1.87. The van der Waals surface area contributed by atoms with Crippen LogP contribution in [0.1, 0.15) is 17.2 Å². The minimum absolute atomic E-state index is 0.0345. The van der Waals surface area contributed by atoms with E-state index in [1.165, 1.54) is 18.2 Å². The first kappa shape index (κ1) is 15.0. The summed E-state index contributed by atoms with van der Waals surface area (Å²) in [5.74, 6) is -4.70. The maximum absolute atomic E-state index is 13.6. The zero-order valence-electron chi connectivity index (χ0n) is 10.1. The van der Waals surface area contributed by atoms with Crippen molar-refractivity contribution in [1.82, 2.24) is 0 Å². The molecule has 20 heavy (non-hydrogen) atoms. The topological polar surface area (TPSA) is 26.0 Å². The van der Waals surface area contributed by atoms with Crippen molar-refractivity contribution in [2.75, 3.05) is 0 Å². The lowest BCUT2D eigenvalue weighted by Crippen LogP contribution is -2.17. The molecule has 0 saturated heterocycles. The Morgan fingerprint density at radius 1 is 0.950 bits per heavy atom. The molecular formula is C14H10BrF4N. The summed E-state index contributed by atoms with van der Waals surface area (Å²) < 4.78 is 53.8. The molecule has 6 heteroatoms. The molecule has 0 aromatic heterocycles. The van der Waals surface area contributed by atoms with E-state index < -0.39 is 29.3 Å². The maximum atomic E-state index is 13.6. The first-order valence-electron chi connectivity index (χ1n) is 5.73. The standard InChI is InChI=1S/C14H10BrF4N/c15-8-1-3-10(16)7(5-8)6-12(20)9-2-4-11(17)14(19)13(9)18/h1-5,12H,6,20H2. The highest BCUT2D eigenvalue weighted by atomic mass is 79.9. The summed E-state index contributed by atoms with van der Waals surface area (Å²) in [5, 5.41) is 0. The molecular weight excluding hydrogens is 338 g/mol. The van der Waals surface area contributed by atoms with Crippen molar-refractivity contribution in [2.45, 2.75) is 12.5 Å². The Kier molecular flexibility index (Phi) is 4.45. The van der Waals surface area contributed by atoms with Crippen molar-refractivity contribution >= 4 is 15.9 Å². The summed E-state index contributed by atoms with van der Waals surface area (Å²) in [6, 6.07) is 5.15. The van der Waals surface area contributed by atoms with Gasteiger partial charge < -0.3 is 5.73 Å². The molecule has 2 aromatic rings. The highest BCUT2D eigenvalue weighted by Crippen LogP contribution is 2.25. The minimum atomic E-state index is -1.58. The molecule has 0 spiro atoms. The second kappa shape index (κ2) is 5.93. The van der Waals surface area contributed by atoms with E-state index in [0.29, 0.717) is 4.47 Å². The SMILES string of the molecule is NC(Cc1cc(Br)ccc1F)c1ccc(F)c(F)c1F. The van der Waals surface area contributed by atoms with Gasteiger partial charge in [-0.15, -0.1) is 0 Å². The van der Waals surface area contributed by atoms with E-state index in [4.69, 9.17) is 5.73 Å². The van der Waals surface area contributed by atoms with Crippen LogP contribution in [-0.2, 0) is 6.42 Å². The summed E-state index contributed by atoms with van der Waals surface area (Å²) in [6.45, 7) is 0. The van der Waals surface area contributed by atoms with Gasteiger partial charge >= 0.3 is 0 Å².